The zero-order valence-electron chi connectivity index (χ0n) is 29.6. The van der Waals surface area contributed by atoms with Crippen molar-refractivity contribution in [2.75, 3.05) is 34.9 Å². The quantitative estimate of drug-likeness (QED) is 0.254. The smallest absolute Gasteiger partial charge is 0.410 e. The number of carbonyl (C=O) groups excluding carboxylic acids is 4. The minimum atomic E-state index is -0.888. The number of hydrogen-bond donors (Lipinski definition) is 1. The molecule has 258 valence electrons. The van der Waals surface area contributed by atoms with E-state index >= 15 is 0 Å². The standard InChI is InChI=1S/C37H53N3O7/c1-11-24(6)34(30(45-9)20-31(41)46-10)39(7)36(43)32(22(2)3)38-35(42)33(23(4)5)40(8)37(44)47-21-29-27-18-14-12-16-25(27)26-17-13-15-19-28(26)29/h12-19,22-24,29-30,32-34H,11,20-21H2,1-10H3,(H,38,42)/t24-,30+,32-,33-,34-/m0/s1. The van der Waals surface area contributed by atoms with E-state index in [0.717, 1.165) is 28.7 Å². The molecule has 0 unspecified atom stereocenters. The summed E-state index contributed by atoms with van der Waals surface area (Å²) in [5.41, 5.74) is 4.46. The molecular formula is C37H53N3O7. The summed E-state index contributed by atoms with van der Waals surface area (Å²) in [6.45, 7) is 11.6. The van der Waals surface area contributed by atoms with Gasteiger partial charge < -0.3 is 24.4 Å². The number of rotatable bonds is 15. The molecule has 2 aromatic rings. The van der Waals surface area contributed by atoms with Crippen LogP contribution >= 0.6 is 0 Å². The first-order valence-corrected chi connectivity index (χ1v) is 16.5. The van der Waals surface area contributed by atoms with E-state index in [1.807, 2.05) is 65.8 Å². The Morgan fingerprint density at radius 3 is 1.85 bits per heavy atom. The zero-order chi connectivity index (χ0) is 35.0. The van der Waals surface area contributed by atoms with Crippen LogP contribution in [0.25, 0.3) is 11.1 Å². The summed E-state index contributed by atoms with van der Waals surface area (Å²) in [7, 11) is 6.05. The molecule has 10 heteroatoms. The highest BCUT2D eigenvalue weighted by atomic mass is 16.6. The minimum Gasteiger partial charge on any atom is -0.469 e. The number of amides is 3. The third-order valence-corrected chi connectivity index (χ3v) is 9.47. The molecule has 0 bridgehead atoms. The van der Waals surface area contributed by atoms with E-state index < -0.39 is 42.2 Å². The van der Waals surface area contributed by atoms with Gasteiger partial charge in [0.1, 0.15) is 18.7 Å². The van der Waals surface area contributed by atoms with E-state index in [2.05, 4.69) is 29.6 Å². The topological polar surface area (TPSA) is 114 Å². The summed E-state index contributed by atoms with van der Waals surface area (Å²) < 4.78 is 16.4. The van der Waals surface area contributed by atoms with Crippen LogP contribution in [-0.4, -0.2) is 92.8 Å². The summed E-state index contributed by atoms with van der Waals surface area (Å²) in [5, 5.41) is 2.95. The van der Waals surface area contributed by atoms with Gasteiger partial charge >= 0.3 is 12.1 Å². The average Bonchev–Trinajstić information content (AvgIpc) is 3.38. The molecule has 0 aromatic heterocycles. The maximum Gasteiger partial charge on any atom is 0.410 e. The maximum absolute atomic E-state index is 14.0. The van der Waals surface area contributed by atoms with E-state index in [1.165, 1.54) is 19.1 Å². The molecule has 0 aliphatic heterocycles. The Hall–Kier alpha value is -3.92. The molecule has 1 aliphatic carbocycles. The number of esters is 1. The normalized spacial score (nSPS) is 15.6. The van der Waals surface area contributed by atoms with Gasteiger partial charge in [-0.1, -0.05) is 96.5 Å². The third kappa shape index (κ3) is 8.52. The van der Waals surface area contributed by atoms with Crippen molar-refractivity contribution in [2.24, 2.45) is 17.8 Å². The van der Waals surface area contributed by atoms with Gasteiger partial charge in [0.05, 0.1) is 25.7 Å². The maximum atomic E-state index is 14.0. The molecule has 2 aromatic carbocycles. The first kappa shape index (κ1) is 37.5. The van der Waals surface area contributed by atoms with Crippen LogP contribution in [0.4, 0.5) is 4.79 Å². The SMILES string of the molecule is CC[C@H](C)[C@@H]([C@@H](CC(=O)OC)OC)N(C)C(=O)[C@@H](NC(=O)[C@H](C(C)C)N(C)C(=O)OCC1c2ccccc2-c2ccccc21)C(C)C. The summed E-state index contributed by atoms with van der Waals surface area (Å²) in [4.78, 5) is 56.4. The highest BCUT2D eigenvalue weighted by molar-refractivity contribution is 5.91. The van der Waals surface area contributed by atoms with Gasteiger partial charge in [-0.2, -0.15) is 0 Å². The van der Waals surface area contributed by atoms with Gasteiger partial charge in [0.2, 0.25) is 11.8 Å². The lowest BCUT2D eigenvalue weighted by molar-refractivity contribution is -0.150. The third-order valence-electron chi connectivity index (χ3n) is 9.47. The number of fused-ring (bicyclic) bond motifs is 3. The predicted octanol–water partition coefficient (Wildman–Crippen LogP) is 5.48. The van der Waals surface area contributed by atoms with Crippen molar-refractivity contribution in [1.82, 2.24) is 15.1 Å². The Morgan fingerprint density at radius 1 is 0.830 bits per heavy atom. The second-order valence-electron chi connectivity index (χ2n) is 13.2. The molecule has 0 radical (unpaired) electrons. The largest absolute Gasteiger partial charge is 0.469 e. The van der Waals surface area contributed by atoms with Crippen LogP contribution < -0.4 is 5.32 Å². The number of ether oxygens (including phenoxy) is 3. The van der Waals surface area contributed by atoms with E-state index in [9.17, 15) is 19.2 Å². The van der Waals surface area contributed by atoms with Gasteiger partial charge in [-0.15, -0.1) is 0 Å². The lowest BCUT2D eigenvalue weighted by Crippen LogP contribution is -2.60. The first-order chi connectivity index (χ1) is 22.3. The number of likely N-dealkylation sites (N-methyl/N-ethyl adjacent to an activating group) is 2. The molecule has 0 saturated carbocycles. The van der Waals surface area contributed by atoms with Crippen molar-refractivity contribution >= 4 is 23.9 Å². The Balaban J connectivity index is 1.76. The highest BCUT2D eigenvalue weighted by Crippen LogP contribution is 2.44. The van der Waals surface area contributed by atoms with E-state index in [-0.39, 0.29) is 42.6 Å². The van der Waals surface area contributed by atoms with Gasteiger partial charge in [-0.25, -0.2) is 4.79 Å². The molecule has 0 fully saturated rings. The van der Waals surface area contributed by atoms with Crippen molar-refractivity contribution in [3.8, 4) is 11.1 Å². The average molecular weight is 652 g/mol. The molecular weight excluding hydrogens is 598 g/mol. The molecule has 0 saturated heterocycles. The van der Waals surface area contributed by atoms with Crippen LogP contribution in [0, 0.1) is 17.8 Å². The monoisotopic (exact) mass is 651 g/mol. The Morgan fingerprint density at radius 2 is 1.38 bits per heavy atom. The second-order valence-corrected chi connectivity index (χ2v) is 13.2. The van der Waals surface area contributed by atoms with Gasteiger partial charge in [-0.3, -0.25) is 19.3 Å². The van der Waals surface area contributed by atoms with Crippen molar-refractivity contribution in [3.05, 3.63) is 59.7 Å². The van der Waals surface area contributed by atoms with Crippen LogP contribution in [0.3, 0.4) is 0 Å². The van der Waals surface area contributed by atoms with Gasteiger partial charge in [0.15, 0.2) is 0 Å². The fourth-order valence-electron chi connectivity index (χ4n) is 6.68. The Bertz CT molecular complexity index is 1350. The Labute approximate surface area is 280 Å². The second kappa shape index (κ2) is 16.8. The Kier molecular flexibility index (Phi) is 13.4. The first-order valence-electron chi connectivity index (χ1n) is 16.5. The van der Waals surface area contributed by atoms with Crippen molar-refractivity contribution < 1.29 is 33.4 Å². The fourth-order valence-corrected chi connectivity index (χ4v) is 6.68. The fraction of sp³-hybridized carbons (Fsp3) is 0.568. The number of carbonyl (C=O) groups is 4. The molecule has 1 N–H and O–H groups in total. The van der Waals surface area contributed by atoms with Gasteiger partial charge in [0, 0.05) is 27.1 Å². The van der Waals surface area contributed by atoms with E-state index in [4.69, 9.17) is 14.2 Å². The number of benzene rings is 2. The molecule has 5 atom stereocenters. The lowest BCUT2D eigenvalue weighted by Gasteiger charge is -2.40. The van der Waals surface area contributed by atoms with Crippen LogP contribution in [-0.2, 0) is 28.6 Å². The van der Waals surface area contributed by atoms with Crippen molar-refractivity contribution in [1.29, 1.82) is 0 Å². The van der Waals surface area contributed by atoms with E-state index in [0.29, 0.717) is 0 Å². The summed E-state index contributed by atoms with van der Waals surface area (Å²) in [5.74, 6) is -1.85. The number of nitrogens with one attached hydrogen (secondary N) is 1. The van der Waals surface area contributed by atoms with Crippen LogP contribution in [0.1, 0.15) is 71.4 Å². The minimum absolute atomic E-state index is 0.00909. The molecule has 1 aliphatic rings. The molecule has 0 spiro atoms. The van der Waals surface area contributed by atoms with Crippen LogP contribution in [0.2, 0.25) is 0 Å². The molecule has 47 heavy (non-hydrogen) atoms. The van der Waals surface area contributed by atoms with Gasteiger partial charge in [-0.05, 0) is 40.0 Å². The van der Waals surface area contributed by atoms with Gasteiger partial charge in [0.25, 0.3) is 0 Å². The van der Waals surface area contributed by atoms with E-state index in [1.54, 1.807) is 19.0 Å². The van der Waals surface area contributed by atoms with Crippen molar-refractivity contribution in [2.45, 2.75) is 84.5 Å². The summed E-state index contributed by atoms with van der Waals surface area (Å²) in [6.07, 6.45) is -0.494. The van der Waals surface area contributed by atoms with Crippen LogP contribution in [0.5, 0.6) is 0 Å². The highest BCUT2D eigenvalue weighted by Gasteiger charge is 2.40. The molecule has 10 nitrogen and oxygen atoms in total. The predicted molar refractivity (Wildman–Crippen MR) is 182 cm³/mol. The summed E-state index contributed by atoms with van der Waals surface area (Å²) >= 11 is 0. The molecule has 0 heterocycles. The van der Waals surface area contributed by atoms with Crippen molar-refractivity contribution in [3.63, 3.8) is 0 Å². The number of methoxy groups -OCH3 is 2. The molecule has 3 amide bonds. The lowest BCUT2D eigenvalue weighted by atomic mass is 9.90. The number of nitrogens with zero attached hydrogens (tertiary/aromatic N) is 2. The molecule has 3 rings (SSSR count). The zero-order valence-corrected chi connectivity index (χ0v) is 29.6. The summed E-state index contributed by atoms with van der Waals surface area (Å²) in [6, 6.07) is 14.0. The number of hydrogen-bond acceptors (Lipinski definition) is 7. The van der Waals surface area contributed by atoms with Crippen LogP contribution in [0.15, 0.2) is 48.5 Å².